The Morgan fingerprint density at radius 2 is 2.26 bits per heavy atom. The van der Waals surface area contributed by atoms with Crippen LogP contribution < -0.4 is 16.0 Å². The van der Waals surface area contributed by atoms with E-state index in [1.807, 2.05) is 13.0 Å². The van der Waals surface area contributed by atoms with Gasteiger partial charge < -0.3 is 16.0 Å². The van der Waals surface area contributed by atoms with Crippen LogP contribution >= 0.6 is 11.3 Å². The third-order valence-corrected chi connectivity index (χ3v) is 4.57. The molecule has 0 aliphatic heterocycles. The molecule has 1 saturated carbocycles. The molecular weight excluding hydrogens is 258 g/mol. The predicted octanol–water partition coefficient (Wildman–Crippen LogP) is 2.71. The molecule has 0 radical (unpaired) electrons. The summed E-state index contributed by atoms with van der Waals surface area (Å²) in [6.45, 7) is 6.94. The fourth-order valence-electron chi connectivity index (χ4n) is 2.03. The van der Waals surface area contributed by atoms with E-state index in [1.54, 1.807) is 0 Å². The van der Waals surface area contributed by atoms with Crippen LogP contribution in [-0.4, -0.2) is 25.5 Å². The van der Waals surface area contributed by atoms with E-state index in [-0.39, 0.29) is 5.91 Å². The van der Waals surface area contributed by atoms with Crippen LogP contribution in [0, 0.1) is 5.92 Å². The maximum atomic E-state index is 12.0. The molecule has 2 rings (SSSR count). The van der Waals surface area contributed by atoms with Crippen molar-refractivity contribution in [2.75, 3.05) is 30.3 Å². The Balaban J connectivity index is 2.07. The Hall–Kier alpha value is -1.23. The van der Waals surface area contributed by atoms with Crippen molar-refractivity contribution in [3.05, 3.63) is 10.9 Å². The van der Waals surface area contributed by atoms with Crippen LogP contribution in [0.2, 0.25) is 0 Å². The zero-order chi connectivity index (χ0) is 13.8. The summed E-state index contributed by atoms with van der Waals surface area (Å²) >= 11 is 1.51. The fourth-order valence-corrected chi connectivity index (χ4v) is 3.10. The lowest BCUT2D eigenvalue weighted by molar-refractivity contribution is 0.0958. The average molecular weight is 281 g/mol. The van der Waals surface area contributed by atoms with Gasteiger partial charge in [-0.3, -0.25) is 4.79 Å². The van der Waals surface area contributed by atoms with Gasteiger partial charge in [-0.2, -0.15) is 0 Å². The van der Waals surface area contributed by atoms with Crippen LogP contribution in [0.15, 0.2) is 6.07 Å². The molecule has 1 aliphatic rings. The van der Waals surface area contributed by atoms with E-state index < -0.39 is 0 Å². The lowest BCUT2D eigenvalue weighted by Gasteiger charge is -2.20. The summed E-state index contributed by atoms with van der Waals surface area (Å²) in [6, 6.07) is 1.94. The largest absolute Gasteiger partial charge is 0.397 e. The first-order valence-corrected chi connectivity index (χ1v) is 7.89. The summed E-state index contributed by atoms with van der Waals surface area (Å²) in [5, 5.41) is 4.00. The summed E-state index contributed by atoms with van der Waals surface area (Å²) in [5.74, 6) is 0.790. The first kappa shape index (κ1) is 14.2. The first-order valence-electron chi connectivity index (χ1n) is 7.08. The summed E-state index contributed by atoms with van der Waals surface area (Å²) in [7, 11) is 0. The number of amides is 1. The van der Waals surface area contributed by atoms with E-state index in [1.165, 1.54) is 24.2 Å². The second-order valence-electron chi connectivity index (χ2n) is 5.11. The number of nitrogens with zero attached hydrogens (tertiary/aromatic N) is 1. The van der Waals surface area contributed by atoms with E-state index in [9.17, 15) is 4.79 Å². The van der Waals surface area contributed by atoms with Crippen LogP contribution in [0.25, 0.3) is 0 Å². The third-order valence-electron chi connectivity index (χ3n) is 3.36. The van der Waals surface area contributed by atoms with Gasteiger partial charge in [0, 0.05) is 19.6 Å². The van der Waals surface area contributed by atoms with Gasteiger partial charge >= 0.3 is 0 Å². The van der Waals surface area contributed by atoms with Gasteiger partial charge in [-0.25, -0.2) is 0 Å². The lowest BCUT2D eigenvalue weighted by atomic mass is 10.3. The minimum atomic E-state index is -0.0434. The molecule has 0 aromatic carbocycles. The van der Waals surface area contributed by atoms with E-state index in [2.05, 4.69) is 17.1 Å². The van der Waals surface area contributed by atoms with Gasteiger partial charge in [0.05, 0.1) is 10.7 Å². The van der Waals surface area contributed by atoms with Gasteiger partial charge in [0.25, 0.3) is 5.91 Å². The minimum absolute atomic E-state index is 0.0434. The zero-order valence-electron chi connectivity index (χ0n) is 11.7. The van der Waals surface area contributed by atoms with Crippen LogP contribution in [0.1, 0.15) is 42.8 Å². The lowest BCUT2D eigenvalue weighted by Crippen LogP contribution is -2.24. The standard InChI is InChI=1S/C14H23N3OS/c1-3-7-16-14(18)13-11(15)8-12(19-13)17(4-2)9-10-5-6-10/h8,10H,3-7,9,15H2,1-2H3,(H,16,18). The van der Waals surface area contributed by atoms with Crippen LogP contribution in [-0.2, 0) is 0 Å². The first-order chi connectivity index (χ1) is 9.15. The molecule has 1 aliphatic carbocycles. The second-order valence-corrected chi connectivity index (χ2v) is 6.14. The van der Waals surface area contributed by atoms with Crippen LogP contribution in [0.4, 0.5) is 10.7 Å². The van der Waals surface area contributed by atoms with Crippen molar-refractivity contribution in [1.82, 2.24) is 5.32 Å². The molecule has 0 bridgehead atoms. The number of nitrogen functional groups attached to an aromatic ring is 1. The SMILES string of the molecule is CCCNC(=O)c1sc(N(CC)CC2CC2)cc1N. The molecule has 4 nitrogen and oxygen atoms in total. The second kappa shape index (κ2) is 6.28. The molecule has 1 heterocycles. The molecule has 0 saturated heterocycles. The van der Waals surface area contributed by atoms with Gasteiger partial charge in [0.2, 0.25) is 0 Å². The maximum Gasteiger partial charge on any atom is 0.263 e. The van der Waals surface area contributed by atoms with E-state index in [4.69, 9.17) is 5.73 Å². The molecule has 1 aromatic rings. The average Bonchev–Trinajstić information content (AvgIpc) is 3.14. The number of nitrogens with two attached hydrogens (primary N) is 1. The number of thiophene rings is 1. The van der Waals surface area contributed by atoms with Gasteiger partial charge in [0.1, 0.15) is 4.88 Å². The maximum absolute atomic E-state index is 12.0. The fraction of sp³-hybridized carbons (Fsp3) is 0.643. The number of hydrogen-bond donors (Lipinski definition) is 2. The molecule has 1 fully saturated rings. The van der Waals surface area contributed by atoms with Crippen molar-refractivity contribution < 1.29 is 4.79 Å². The van der Waals surface area contributed by atoms with Crippen molar-refractivity contribution in [3.8, 4) is 0 Å². The highest BCUT2D eigenvalue weighted by Gasteiger charge is 2.25. The van der Waals surface area contributed by atoms with Crippen molar-refractivity contribution in [1.29, 1.82) is 0 Å². The number of rotatable bonds is 7. The molecule has 1 amide bonds. The number of anilines is 2. The Kier molecular flexibility index (Phi) is 4.69. The molecule has 0 unspecified atom stereocenters. The Bertz CT molecular complexity index is 440. The number of nitrogens with one attached hydrogen (secondary N) is 1. The smallest absolute Gasteiger partial charge is 0.263 e. The summed E-state index contributed by atoms with van der Waals surface area (Å²) < 4.78 is 0. The molecule has 5 heteroatoms. The summed E-state index contributed by atoms with van der Waals surface area (Å²) in [6.07, 6.45) is 3.61. The molecule has 19 heavy (non-hydrogen) atoms. The van der Waals surface area contributed by atoms with Crippen LogP contribution in [0.5, 0.6) is 0 Å². The molecular formula is C14H23N3OS. The topological polar surface area (TPSA) is 58.4 Å². The van der Waals surface area contributed by atoms with E-state index >= 15 is 0 Å². The Morgan fingerprint density at radius 3 is 2.84 bits per heavy atom. The third kappa shape index (κ3) is 3.62. The molecule has 0 atom stereocenters. The minimum Gasteiger partial charge on any atom is -0.397 e. The summed E-state index contributed by atoms with van der Waals surface area (Å²) in [4.78, 5) is 15.0. The summed E-state index contributed by atoms with van der Waals surface area (Å²) in [5.41, 5.74) is 6.58. The van der Waals surface area contributed by atoms with E-state index in [0.717, 1.165) is 30.4 Å². The Morgan fingerprint density at radius 1 is 1.53 bits per heavy atom. The molecule has 0 spiro atoms. The monoisotopic (exact) mass is 281 g/mol. The highest BCUT2D eigenvalue weighted by molar-refractivity contribution is 7.18. The predicted molar refractivity (Wildman–Crippen MR) is 82.0 cm³/mol. The van der Waals surface area contributed by atoms with Gasteiger partial charge in [-0.1, -0.05) is 6.92 Å². The van der Waals surface area contributed by atoms with Crippen molar-refractivity contribution in [3.63, 3.8) is 0 Å². The number of carbonyl (C=O) groups excluding carboxylic acids is 1. The molecule has 3 N–H and O–H groups in total. The number of hydrogen-bond acceptors (Lipinski definition) is 4. The highest BCUT2D eigenvalue weighted by atomic mass is 32.1. The van der Waals surface area contributed by atoms with Crippen LogP contribution in [0.3, 0.4) is 0 Å². The van der Waals surface area contributed by atoms with Crippen molar-refractivity contribution in [2.45, 2.75) is 33.1 Å². The zero-order valence-corrected chi connectivity index (χ0v) is 12.6. The Labute approximate surface area is 119 Å². The van der Waals surface area contributed by atoms with Gasteiger partial charge in [0.15, 0.2) is 0 Å². The quantitative estimate of drug-likeness (QED) is 0.808. The normalized spacial score (nSPS) is 14.4. The van der Waals surface area contributed by atoms with Gasteiger partial charge in [-0.15, -0.1) is 11.3 Å². The van der Waals surface area contributed by atoms with E-state index in [0.29, 0.717) is 17.1 Å². The van der Waals surface area contributed by atoms with Crippen molar-refractivity contribution in [2.24, 2.45) is 5.92 Å². The highest BCUT2D eigenvalue weighted by Crippen LogP contribution is 2.36. The van der Waals surface area contributed by atoms with Gasteiger partial charge in [-0.05, 0) is 38.2 Å². The molecule has 106 valence electrons. The van der Waals surface area contributed by atoms with Crippen molar-refractivity contribution >= 4 is 27.9 Å². The molecule has 1 aromatic heterocycles. The number of carbonyl (C=O) groups is 1.